The minimum atomic E-state index is 0.0760. The van der Waals surface area contributed by atoms with Gasteiger partial charge in [-0.15, -0.1) is 0 Å². The monoisotopic (exact) mass is 374 g/mol. The molecule has 0 atom stereocenters. The van der Waals surface area contributed by atoms with Gasteiger partial charge in [0.05, 0.1) is 0 Å². The third-order valence-electron chi connectivity index (χ3n) is 3.48. The summed E-state index contributed by atoms with van der Waals surface area (Å²) in [6.07, 6.45) is 0. The van der Waals surface area contributed by atoms with Crippen LogP contribution in [-0.2, 0) is 11.5 Å². The Bertz CT molecular complexity index is 880. The average Bonchev–Trinajstić information content (AvgIpc) is 2.72. The molecule has 2 aromatic carbocycles. The Kier molecular flexibility index (Phi) is 6.27. The molecule has 0 amide bonds. The van der Waals surface area contributed by atoms with Gasteiger partial charge in [-0.3, -0.25) is 0 Å². The van der Waals surface area contributed by atoms with E-state index in [1.807, 2.05) is 72.8 Å². The lowest BCUT2D eigenvalue weighted by Gasteiger charge is -2.09. The standard InChI is InChI=1S/C20H14N4S2/c21-11-17-18(12-22)24-20(26-14-16-9-5-2-6-10-16)19(23-17)25-13-15-7-3-1-4-8-15/h1-10H,13-14H2. The van der Waals surface area contributed by atoms with Gasteiger partial charge in [0.15, 0.2) is 11.4 Å². The highest BCUT2D eigenvalue weighted by molar-refractivity contribution is 8.01. The number of rotatable bonds is 6. The average molecular weight is 374 g/mol. The van der Waals surface area contributed by atoms with Gasteiger partial charge in [-0.1, -0.05) is 84.2 Å². The zero-order valence-corrected chi connectivity index (χ0v) is 15.4. The maximum atomic E-state index is 9.24. The Morgan fingerprint density at radius 1 is 0.654 bits per heavy atom. The first kappa shape index (κ1) is 18.0. The van der Waals surface area contributed by atoms with Crippen molar-refractivity contribution < 1.29 is 0 Å². The molecule has 126 valence electrons. The first-order valence-corrected chi connectivity index (χ1v) is 9.83. The molecule has 0 fully saturated rings. The van der Waals surface area contributed by atoms with Crippen LogP contribution >= 0.6 is 23.5 Å². The molecule has 6 heteroatoms. The molecule has 0 saturated carbocycles. The molecule has 1 aromatic heterocycles. The van der Waals surface area contributed by atoms with Crippen LogP contribution < -0.4 is 0 Å². The van der Waals surface area contributed by atoms with Crippen molar-refractivity contribution >= 4 is 23.5 Å². The lowest BCUT2D eigenvalue weighted by atomic mass is 10.2. The highest BCUT2D eigenvalue weighted by Crippen LogP contribution is 2.32. The number of aromatic nitrogens is 2. The molecule has 0 unspecified atom stereocenters. The van der Waals surface area contributed by atoms with Gasteiger partial charge in [-0.2, -0.15) is 10.5 Å². The Balaban J connectivity index is 1.85. The van der Waals surface area contributed by atoms with Crippen LogP contribution in [0.4, 0.5) is 0 Å². The van der Waals surface area contributed by atoms with E-state index in [9.17, 15) is 10.5 Å². The Morgan fingerprint density at radius 3 is 1.38 bits per heavy atom. The zero-order chi connectivity index (χ0) is 18.2. The van der Waals surface area contributed by atoms with Crippen molar-refractivity contribution in [3.05, 3.63) is 83.2 Å². The van der Waals surface area contributed by atoms with Crippen molar-refractivity contribution in [2.24, 2.45) is 0 Å². The molecule has 0 radical (unpaired) electrons. The van der Waals surface area contributed by atoms with Gasteiger partial charge in [0.2, 0.25) is 0 Å². The number of hydrogen-bond donors (Lipinski definition) is 0. The lowest BCUT2D eigenvalue weighted by molar-refractivity contribution is 0.892. The first-order valence-electron chi connectivity index (χ1n) is 7.86. The van der Waals surface area contributed by atoms with E-state index < -0.39 is 0 Å². The second-order valence-corrected chi connectivity index (χ2v) is 7.23. The molecule has 0 spiro atoms. The van der Waals surface area contributed by atoms with E-state index in [1.165, 1.54) is 34.7 Å². The molecule has 0 aliphatic rings. The van der Waals surface area contributed by atoms with E-state index >= 15 is 0 Å². The van der Waals surface area contributed by atoms with Gasteiger partial charge in [-0.25, -0.2) is 9.97 Å². The van der Waals surface area contributed by atoms with Crippen LogP contribution in [0.1, 0.15) is 22.5 Å². The summed E-state index contributed by atoms with van der Waals surface area (Å²) in [4.78, 5) is 8.77. The fraction of sp³-hybridized carbons (Fsp3) is 0.100. The number of thioether (sulfide) groups is 2. The minimum Gasteiger partial charge on any atom is -0.225 e. The molecule has 0 N–H and O–H groups in total. The summed E-state index contributed by atoms with van der Waals surface area (Å²) < 4.78 is 0. The van der Waals surface area contributed by atoms with Crippen molar-refractivity contribution in [2.75, 3.05) is 0 Å². The Morgan fingerprint density at radius 2 is 1.04 bits per heavy atom. The maximum Gasteiger partial charge on any atom is 0.178 e. The van der Waals surface area contributed by atoms with Gasteiger partial charge >= 0.3 is 0 Å². The zero-order valence-electron chi connectivity index (χ0n) is 13.8. The van der Waals surface area contributed by atoms with Gasteiger partial charge in [0, 0.05) is 11.5 Å². The number of benzene rings is 2. The van der Waals surface area contributed by atoms with Crippen LogP contribution in [0.25, 0.3) is 0 Å². The summed E-state index contributed by atoms with van der Waals surface area (Å²) in [6, 6.07) is 24.0. The number of nitriles is 2. The predicted octanol–water partition coefficient (Wildman–Crippen LogP) is 4.80. The molecule has 3 rings (SSSR count). The lowest BCUT2D eigenvalue weighted by Crippen LogP contribution is -2.00. The fourth-order valence-corrected chi connectivity index (χ4v) is 4.20. The van der Waals surface area contributed by atoms with Crippen LogP contribution in [0, 0.1) is 22.7 Å². The molecular formula is C20H14N4S2. The van der Waals surface area contributed by atoms with Gasteiger partial charge < -0.3 is 0 Å². The predicted molar refractivity (Wildman–Crippen MR) is 103 cm³/mol. The van der Waals surface area contributed by atoms with E-state index in [1.54, 1.807) is 0 Å². The third kappa shape index (κ3) is 4.64. The summed E-state index contributed by atoms with van der Waals surface area (Å²) in [5.41, 5.74) is 2.49. The molecule has 0 aliphatic carbocycles. The topological polar surface area (TPSA) is 73.4 Å². The second-order valence-electron chi connectivity index (χ2n) is 5.30. The quantitative estimate of drug-likeness (QED) is 0.577. The minimum absolute atomic E-state index is 0.0760. The first-order chi connectivity index (χ1) is 12.8. The van der Waals surface area contributed by atoms with Crippen molar-refractivity contribution in [2.45, 2.75) is 21.6 Å². The van der Waals surface area contributed by atoms with Crippen molar-refractivity contribution in [1.82, 2.24) is 9.97 Å². The van der Waals surface area contributed by atoms with E-state index in [0.29, 0.717) is 10.1 Å². The summed E-state index contributed by atoms with van der Waals surface area (Å²) in [6.45, 7) is 0. The molecule has 26 heavy (non-hydrogen) atoms. The molecule has 3 aromatic rings. The van der Waals surface area contributed by atoms with Crippen LogP contribution in [0.3, 0.4) is 0 Å². The van der Waals surface area contributed by atoms with Crippen molar-refractivity contribution in [3.8, 4) is 12.1 Å². The van der Waals surface area contributed by atoms with Gasteiger partial charge in [0.1, 0.15) is 22.2 Å². The van der Waals surface area contributed by atoms with Crippen LogP contribution in [0.15, 0.2) is 70.7 Å². The Hall–Kier alpha value is -2.80. The normalized spacial score (nSPS) is 10.1. The second kappa shape index (κ2) is 9.05. The molecular weight excluding hydrogens is 360 g/mol. The van der Waals surface area contributed by atoms with Crippen LogP contribution in [-0.4, -0.2) is 9.97 Å². The SMILES string of the molecule is N#Cc1nc(SCc2ccccc2)c(SCc2ccccc2)nc1C#N. The molecule has 0 aliphatic heterocycles. The molecule has 1 heterocycles. The van der Waals surface area contributed by atoms with E-state index in [-0.39, 0.29) is 11.4 Å². The largest absolute Gasteiger partial charge is 0.225 e. The fourth-order valence-electron chi connectivity index (χ4n) is 2.20. The molecule has 0 bridgehead atoms. The van der Waals surface area contributed by atoms with Crippen LogP contribution in [0.5, 0.6) is 0 Å². The summed E-state index contributed by atoms with van der Waals surface area (Å²) >= 11 is 3.06. The number of nitrogens with zero attached hydrogens (tertiary/aromatic N) is 4. The van der Waals surface area contributed by atoms with Crippen LogP contribution in [0.2, 0.25) is 0 Å². The van der Waals surface area contributed by atoms with Crippen molar-refractivity contribution in [1.29, 1.82) is 10.5 Å². The highest BCUT2D eigenvalue weighted by Gasteiger charge is 2.15. The molecule has 0 saturated heterocycles. The Labute approximate surface area is 160 Å². The van der Waals surface area contributed by atoms with Gasteiger partial charge in [-0.05, 0) is 11.1 Å². The smallest absolute Gasteiger partial charge is 0.178 e. The summed E-state index contributed by atoms with van der Waals surface area (Å²) in [5, 5.41) is 19.8. The summed E-state index contributed by atoms with van der Waals surface area (Å²) in [5.74, 6) is 1.45. The van der Waals surface area contributed by atoms with E-state index in [2.05, 4.69) is 9.97 Å². The number of hydrogen-bond acceptors (Lipinski definition) is 6. The third-order valence-corrected chi connectivity index (χ3v) is 5.68. The van der Waals surface area contributed by atoms with Gasteiger partial charge in [0.25, 0.3) is 0 Å². The van der Waals surface area contributed by atoms with Crippen molar-refractivity contribution in [3.63, 3.8) is 0 Å². The molecule has 4 nitrogen and oxygen atoms in total. The maximum absolute atomic E-state index is 9.24. The highest BCUT2D eigenvalue weighted by atomic mass is 32.2. The summed E-state index contributed by atoms with van der Waals surface area (Å²) in [7, 11) is 0. The van der Waals surface area contributed by atoms with E-state index in [4.69, 9.17) is 0 Å². The van der Waals surface area contributed by atoms with E-state index in [0.717, 1.165) is 11.5 Å².